The first-order chi connectivity index (χ1) is 9.88. The first kappa shape index (κ1) is 15.6. The van der Waals surface area contributed by atoms with Gasteiger partial charge in [-0.3, -0.25) is 4.79 Å². The van der Waals surface area contributed by atoms with Crippen molar-refractivity contribution < 1.29 is 9.18 Å². The molecule has 0 atom stereocenters. The fraction of sp³-hybridized carbons (Fsp3) is 0.375. The number of rotatable bonds is 4. The van der Waals surface area contributed by atoms with E-state index >= 15 is 0 Å². The molecule has 0 saturated carbocycles. The van der Waals surface area contributed by atoms with Crippen LogP contribution in [0, 0.1) is 18.7 Å². The van der Waals surface area contributed by atoms with E-state index in [1.54, 1.807) is 24.1 Å². The Morgan fingerprint density at radius 2 is 1.95 bits per heavy atom. The molecule has 1 aromatic carbocycles. The van der Waals surface area contributed by atoms with Crippen molar-refractivity contribution in [2.24, 2.45) is 5.92 Å². The zero-order chi connectivity index (χ0) is 15.6. The van der Waals surface area contributed by atoms with Crippen LogP contribution in [0.3, 0.4) is 0 Å². The van der Waals surface area contributed by atoms with Crippen LogP contribution in [0.25, 0.3) is 10.6 Å². The molecule has 2 rings (SSSR count). The van der Waals surface area contributed by atoms with E-state index in [1.807, 2.05) is 6.92 Å². The van der Waals surface area contributed by atoms with E-state index in [1.165, 1.54) is 23.5 Å². The minimum atomic E-state index is -0.278. The van der Waals surface area contributed by atoms with Gasteiger partial charge < -0.3 is 4.90 Å². The van der Waals surface area contributed by atoms with Crippen LogP contribution in [-0.2, 0) is 0 Å². The molecule has 0 aliphatic carbocycles. The number of aromatic nitrogens is 1. The maximum absolute atomic E-state index is 13.0. The van der Waals surface area contributed by atoms with Gasteiger partial charge in [-0.15, -0.1) is 11.3 Å². The van der Waals surface area contributed by atoms with Crippen molar-refractivity contribution in [1.82, 2.24) is 9.88 Å². The fourth-order valence-electron chi connectivity index (χ4n) is 2.11. The van der Waals surface area contributed by atoms with Gasteiger partial charge in [-0.25, -0.2) is 9.37 Å². The van der Waals surface area contributed by atoms with Crippen molar-refractivity contribution in [3.05, 3.63) is 40.7 Å². The molecule has 5 heteroatoms. The Hall–Kier alpha value is -1.75. The van der Waals surface area contributed by atoms with E-state index in [0.29, 0.717) is 17.3 Å². The summed E-state index contributed by atoms with van der Waals surface area (Å²) in [6.07, 6.45) is 0. The maximum Gasteiger partial charge on any atom is 0.265 e. The molecule has 0 aliphatic rings. The SMILES string of the molecule is Cc1nc(-c2ccc(F)cc2)sc1C(=O)N(C)CC(C)C. The molecule has 0 radical (unpaired) electrons. The van der Waals surface area contributed by atoms with Crippen LogP contribution in [-0.4, -0.2) is 29.4 Å². The van der Waals surface area contributed by atoms with Crippen molar-refractivity contribution in [3.63, 3.8) is 0 Å². The predicted octanol–water partition coefficient (Wildman–Crippen LogP) is 3.99. The monoisotopic (exact) mass is 306 g/mol. The Morgan fingerprint density at radius 1 is 1.33 bits per heavy atom. The van der Waals surface area contributed by atoms with Gasteiger partial charge in [0, 0.05) is 19.2 Å². The summed E-state index contributed by atoms with van der Waals surface area (Å²) >= 11 is 1.36. The summed E-state index contributed by atoms with van der Waals surface area (Å²) in [4.78, 5) is 19.3. The summed E-state index contributed by atoms with van der Waals surface area (Å²) in [5.74, 6) is 0.135. The number of nitrogens with zero attached hydrogens (tertiary/aromatic N) is 2. The Bertz CT molecular complexity index is 634. The minimum absolute atomic E-state index is 0.00735. The average molecular weight is 306 g/mol. The molecule has 0 aliphatic heterocycles. The molecule has 0 N–H and O–H groups in total. The van der Waals surface area contributed by atoms with Gasteiger partial charge in [0.15, 0.2) is 0 Å². The maximum atomic E-state index is 13.0. The van der Waals surface area contributed by atoms with Crippen LogP contribution in [0.5, 0.6) is 0 Å². The molecular weight excluding hydrogens is 287 g/mol. The minimum Gasteiger partial charge on any atom is -0.341 e. The van der Waals surface area contributed by atoms with Crippen molar-refractivity contribution >= 4 is 17.2 Å². The second kappa shape index (κ2) is 6.35. The van der Waals surface area contributed by atoms with Gasteiger partial charge in [-0.1, -0.05) is 13.8 Å². The normalized spacial score (nSPS) is 11.0. The fourth-order valence-corrected chi connectivity index (χ4v) is 3.18. The average Bonchev–Trinajstić information content (AvgIpc) is 2.80. The molecule has 0 bridgehead atoms. The Morgan fingerprint density at radius 3 is 2.52 bits per heavy atom. The standard InChI is InChI=1S/C16H19FN2OS/c1-10(2)9-19(4)16(20)14-11(3)18-15(21-14)12-5-7-13(17)8-6-12/h5-8,10H,9H2,1-4H3. The van der Waals surface area contributed by atoms with E-state index < -0.39 is 0 Å². The lowest BCUT2D eigenvalue weighted by Crippen LogP contribution is -2.30. The molecule has 3 nitrogen and oxygen atoms in total. The van der Waals surface area contributed by atoms with Crippen LogP contribution in [0.15, 0.2) is 24.3 Å². The van der Waals surface area contributed by atoms with E-state index in [9.17, 15) is 9.18 Å². The van der Waals surface area contributed by atoms with Crippen molar-refractivity contribution in [2.45, 2.75) is 20.8 Å². The largest absolute Gasteiger partial charge is 0.341 e. The van der Waals surface area contributed by atoms with Crippen molar-refractivity contribution in [2.75, 3.05) is 13.6 Å². The number of thiazole rings is 1. The smallest absolute Gasteiger partial charge is 0.265 e. The Labute approximate surface area is 128 Å². The lowest BCUT2D eigenvalue weighted by molar-refractivity contribution is 0.0783. The van der Waals surface area contributed by atoms with Crippen LogP contribution in [0.4, 0.5) is 4.39 Å². The number of carbonyl (C=O) groups excluding carboxylic acids is 1. The summed E-state index contributed by atoms with van der Waals surface area (Å²) in [5, 5.41) is 0.744. The summed E-state index contributed by atoms with van der Waals surface area (Å²) < 4.78 is 13.0. The Balaban J connectivity index is 2.27. The predicted molar refractivity (Wildman–Crippen MR) is 84.0 cm³/mol. The zero-order valence-corrected chi connectivity index (χ0v) is 13.5. The van der Waals surface area contributed by atoms with E-state index in [4.69, 9.17) is 0 Å². The highest BCUT2D eigenvalue weighted by molar-refractivity contribution is 7.17. The molecule has 1 aromatic heterocycles. The van der Waals surface area contributed by atoms with Gasteiger partial charge in [0.2, 0.25) is 0 Å². The topological polar surface area (TPSA) is 33.2 Å². The molecule has 1 heterocycles. The molecule has 0 spiro atoms. The van der Waals surface area contributed by atoms with Crippen LogP contribution in [0.2, 0.25) is 0 Å². The lowest BCUT2D eigenvalue weighted by Gasteiger charge is -2.18. The molecule has 2 aromatic rings. The number of carbonyl (C=O) groups is 1. The third-order valence-corrected chi connectivity index (χ3v) is 4.26. The van der Waals surface area contributed by atoms with E-state index in [2.05, 4.69) is 18.8 Å². The molecule has 112 valence electrons. The van der Waals surface area contributed by atoms with E-state index in [-0.39, 0.29) is 11.7 Å². The molecule has 0 fully saturated rings. The molecule has 0 unspecified atom stereocenters. The van der Waals surface area contributed by atoms with Crippen LogP contribution >= 0.6 is 11.3 Å². The summed E-state index contributed by atoms with van der Waals surface area (Å²) in [6, 6.07) is 6.16. The van der Waals surface area contributed by atoms with Gasteiger partial charge >= 0.3 is 0 Å². The van der Waals surface area contributed by atoms with Gasteiger partial charge in [0.25, 0.3) is 5.91 Å². The highest BCUT2D eigenvalue weighted by atomic mass is 32.1. The van der Waals surface area contributed by atoms with Crippen molar-refractivity contribution in [3.8, 4) is 10.6 Å². The molecular formula is C16H19FN2OS. The van der Waals surface area contributed by atoms with Crippen LogP contribution < -0.4 is 0 Å². The van der Waals surface area contributed by atoms with Gasteiger partial charge in [-0.05, 0) is 37.1 Å². The zero-order valence-electron chi connectivity index (χ0n) is 12.7. The van der Waals surface area contributed by atoms with E-state index in [0.717, 1.165) is 16.3 Å². The second-order valence-corrected chi connectivity index (χ2v) is 6.52. The Kier molecular flexibility index (Phi) is 4.73. The summed E-state index contributed by atoms with van der Waals surface area (Å²) in [5.41, 5.74) is 1.55. The van der Waals surface area contributed by atoms with Crippen LogP contribution in [0.1, 0.15) is 29.2 Å². The van der Waals surface area contributed by atoms with Gasteiger partial charge in [0.05, 0.1) is 5.69 Å². The number of halogens is 1. The third kappa shape index (κ3) is 3.67. The van der Waals surface area contributed by atoms with Gasteiger partial charge in [0.1, 0.15) is 15.7 Å². The lowest BCUT2D eigenvalue weighted by atomic mass is 10.2. The number of aryl methyl sites for hydroxylation is 1. The highest BCUT2D eigenvalue weighted by Gasteiger charge is 2.20. The van der Waals surface area contributed by atoms with Crippen molar-refractivity contribution in [1.29, 1.82) is 0 Å². The quantitative estimate of drug-likeness (QED) is 0.856. The number of hydrogen-bond acceptors (Lipinski definition) is 3. The first-order valence-corrected chi connectivity index (χ1v) is 7.69. The molecule has 0 saturated heterocycles. The highest BCUT2D eigenvalue weighted by Crippen LogP contribution is 2.28. The van der Waals surface area contributed by atoms with Gasteiger partial charge in [-0.2, -0.15) is 0 Å². The molecule has 1 amide bonds. The summed E-state index contributed by atoms with van der Waals surface area (Å²) in [6.45, 7) is 6.70. The second-order valence-electron chi connectivity index (χ2n) is 5.52. The third-order valence-electron chi connectivity index (χ3n) is 3.07. The summed E-state index contributed by atoms with van der Waals surface area (Å²) in [7, 11) is 1.80. The number of benzene rings is 1. The molecule has 21 heavy (non-hydrogen) atoms. The number of amides is 1. The number of hydrogen-bond donors (Lipinski definition) is 0. The first-order valence-electron chi connectivity index (χ1n) is 6.87.